The first-order valence-corrected chi connectivity index (χ1v) is 10.2. The third kappa shape index (κ3) is 1.85. The molecular weight excluding hydrogens is 328 g/mol. The van der Waals surface area contributed by atoms with E-state index in [2.05, 4.69) is 16.7 Å². The number of carboxylic acid groups (broad SMARTS) is 1. The minimum atomic E-state index is -0.629. The molecule has 1 unspecified atom stereocenters. The van der Waals surface area contributed by atoms with Gasteiger partial charge >= 0.3 is 5.97 Å². The highest BCUT2D eigenvalue weighted by atomic mass is 16.4. The van der Waals surface area contributed by atoms with Gasteiger partial charge in [-0.05, 0) is 62.2 Å². The summed E-state index contributed by atoms with van der Waals surface area (Å²) < 4.78 is 0. The lowest BCUT2D eigenvalue weighted by atomic mass is 9.60. The lowest BCUT2D eigenvalue weighted by molar-refractivity contribution is -0.141. The SMILES string of the molecule is C[C@H]1CCN1c1nc2c(c(N3C[C@H]4C5C[C@@]5(C3)[C@H]4CC(=O)O)n1)CCC2. The molecule has 3 aliphatic heterocycles. The van der Waals surface area contributed by atoms with E-state index in [9.17, 15) is 9.90 Å². The first kappa shape index (κ1) is 15.2. The molecule has 6 aliphatic rings. The number of piperidine rings is 2. The molecule has 138 valence electrons. The van der Waals surface area contributed by atoms with E-state index in [0.29, 0.717) is 24.3 Å². The lowest BCUT2D eigenvalue weighted by Gasteiger charge is -2.53. The van der Waals surface area contributed by atoms with Gasteiger partial charge < -0.3 is 14.9 Å². The zero-order valence-corrected chi connectivity index (χ0v) is 15.3. The maximum Gasteiger partial charge on any atom is 0.303 e. The summed E-state index contributed by atoms with van der Waals surface area (Å²) in [7, 11) is 0. The Kier molecular flexibility index (Phi) is 2.87. The standard InChI is InChI=1S/C20H26N4O2/c1-11-5-6-24(11)19-21-16-4-2-3-12(16)18(22-19)23-9-13-14(7-17(25)26)20(10-23)8-15(13)20/h11,13-15H,2-10H2,1H3,(H,25,26)/t11-,13+,14-,15?,20+/m0/s1. The summed E-state index contributed by atoms with van der Waals surface area (Å²) in [5.41, 5.74) is 2.91. The number of fused-ring (bicyclic) bond motifs is 3. The first-order chi connectivity index (χ1) is 12.6. The van der Waals surface area contributed by atoms with Crippen molar-refractivity contribution in [2.45, 2.75) is 51.5 Å². The van der Waals surface area contributed by atoms with Crippen LogP contribution in [-0.4, -0.2) is 46.7 Å². The van der Waals surface area contributed by atoms with Crippen LogP contribution in [0, 0.1) is 23.2 Å². The summed E-state index contributed by atoms with van der Waals surface area (Å²) in [5, 5.41) is 9.26. The van der Waals surface area contributed by atoms with Crippen LogP contribution in [-0.2, 0) is 17.6 Å². The largest absolute Gasteiger partial charge is 0.481 e. The third-order valence-corrected chi connectivity index (χ3v) is 8.04. The fourth-order valence-corrected chi connectivity index (χ4v) is 6.48. The predicted molar refractivity (Wildman–Crippen MR) is 97.5 cm³/mol. The molecule has 6 nitrogen and oxygen atoms in total. The Morgan fingerprint density at radius 2 is 2.23 bits per heavy atom. The summed E-state index contributed by atoms with van der Waals surface area (Å²) in [5.74, 6) is 3.20. The minimum absolute atomic E-state index is 0.280. The molecule has 26 heavy (non-hydrogen) atoms. The Balaban J connectivity index is 1.32. The second kappa shape index (κ2) is 4.90. The van der Waals surface area contributed by atoms with E-state index in [0.717, 1.165) is 44.3 Å². The van der Waals surface area contributed by atoms with Gasteiger partial charge in [-0.15, -0.1) is 0 Å². The molecule has 5 fully saturated rings. The topological polar surface area (TPSA) is 69.6 Å². The molecule has 1 spiro atoms. The normalized spacial score (nSPS) is 39.0. The number of anilines is 2. The monoisotopic (exact) mass is 354 g/mol. The van der Waals surface area contributed by atoms with Gasteiger partial charge in [-0.3, -0.25) is 4.79 Å². The van der Waals surface area contributed by atoms with Gasteiger partial charge in [0.05, 0.1) is 5.69 Å². The number of carbonyl (C=O) groups is 1. The molecule has 5 atom stereocenters. The van der Waals surface area contributed by atoms with Gasteiger partial charge in [-0.25, -0.2) is 4.98 Å². The van der Waals surface area contributed by atoms with Gasteiger partial charge in [0.1, 0.15) is 5.82 Å². The Morgan fingerprint density at radius 1 is 1.35 bits per heavy atom. The fraction of sp³-hybridized carbons (Fsp3) is 0.750. The van der Waals surface area contributed by atoms with Gasteiger partial charge in [0.15, 0.2) is 0 Å². The maximum atomic E-state index is 11.2. The van der Waals surface area contributed by atoms with Crippen LogP contribution in [0.3, 0.4) is 0 Å². The highest BCUT2D eigenvalue weighted by Gasteiger charge is 2.76. The molecule has 3 aliphatic carbocycles. The van der Waals surface area contributed by atoms with Gasteiger partial charge in [0.2, 0.25) is 5.95 Å². The van der Waals surface area contributed by atoms with E-state index >= 15 is 0 Å². The van der Waals surface area contributed by atoms with Crippen LogP contribution >= 0.6 is 0 Å². The van der Waals surface area contributed by atoms with Crippen molar-refractivity contribution in [3.63, 3.8) is 0 Å². The molecule has 2 bridgehead atoms. The third-order valence-electron chi connectivity index (χ3n) is 8.04. The van der Waals surface area contributed by atoms with Crippen molar-refractivity contribution in [3.05, 3.63) is 11.3 Å². The smallest absolute Gasteiger partial charge is 0.303 e. The predicted octanol–water partition coefficient (Wildman–Crippen LogP) is 2.11. The number of aryl methyl sites for hydroxylation is 1. The molecule has 1 aromatic rings. The van der Waals surface area contributed by atoms with Crippen molar-refractivity contribution in [2.24, 2.45) is 23.2 Å². The number of nitrogens with zero attached hydrogens (tertiary/aromatic N) is 4. The van der Waals surface area contributed by atoms with Crippen LogP contribution in [0.25, 0.3) is 0 Å². The van der Waals surface area contributed by atoms with Crippen molar-refractivity contribution in [3.8, 4) is 0 Å². The van der Waals surface area contributed by atoms with Gasteiger partial charge in [-0.1, -0.05) is 0 Å². The summed E-state index contributed by atoms with van der Waals surface area (Å²) >= 11 is 0. The van der Waals surface area contributed by atoms with Crippen LogP contribution < -0.4 is 9.80 Å². The van der Waals surface area contributed by atoms with Crippen LogP contribution in [0.1, 0.15) is 43.9 Å². The van der Waals surface area contributed by atoms with Crippen molar-refractivity contribution < 1.29 is 9.90 Å². The van der Waals surface area contributed by atoms with Crippen molar-refractivity contribution in [2.75, 3.05) is 29.4 Å². The number of aromatic nitrogens is 2. The van der Waals surface area contributed by atoms with Crippen LogP contribution in [0.15, 0.2) is 0 Å². The Morgan fingerprint density at radius 3 is 2.92 bits per heavy atom. The highest BCUT2D eigenvalue weighted by Crippen LogP contribution is 2.77. The van der Waals surface area contributed by atoms with E-state index in [1.54, 1.807) is 0 Å². The molecule has 4 heterocycles. The second-order valence-electron chi connectivity index (χ2n) is 9.25. The van der Waals surface area contributed by atoms with Crippen LogP contribution in [0.5, 0.6) is 0 Å². The Bertz CT molecular complexity index is 811. The molecule has 6 heteroatoms. The summed E-state index contributed by atoms with van der Waals surface area (Å²) in [6, 6.07) is 0.545. The van der Waals surface area contributed by atoms with E-state index in [4.69, 9.17) is 9.97 Å². The molecule has 0 aromatic carbocycles. The van der Waals surface area contributed by atoms with E-state index < -0.39 is 5.97 Å². The summed E-state index contributed by atoms with van der Waals surface area (Å²) in [6.45, 7) is 5.31. The number of hydrogen-bond donors (Lipinski definition) is 1. The summed E-state index contributed by atoms with van der Waals surface area (Å²) in [6.07, 6.45) is 6.16. The molecule has 0 amide bonds. The van der Waals surface area contributed by atoms with Crippen LogP contribution in [0.2, 0.25) is 0 Å². The minimum Gasteiger partial charge on any atom is -0.481 e. The molecule has 1 N–H and O–H groups in total. The van der Waals surface area contributed by atoms with Gasteiger partial charge in [0.25, 0.3) is 0 Å². The van der Waals surface area contributed by atoms with Crippen molar-refractivity contribution >= 4 is 17.7 Å². The molecule has 2 saturated carbocycles. The number of hydrogen-bond acceptors (Lipinski definition) is 5. The molecule has 1 aromatic heterocycles. The van der Waals surface area contributed by atoms with E-state index in [1.165, 1.54) is 36.3 Å². The van der Waals surface area contributed by atoms with Gasteiger partial charge in [-0.2, -0.15) is 4.98 Å². The molecular formula is C20H26N4O2. The zero-order valence-electron chi connectivity index (χ0n) is 15.3. The molecule has 0 radical (unpaired) electrons. The lowest BCUT2D eigenvalue weighted by Crippen LogP contribution is -2.58. The quantitative estimate of drug-likeness (QED) is 0.893. The molecule has 3 saturated heterocycles. The van der Waals surface area contributed by atoms with Gasteiger partial charge in [0, 0.05) is 37.7 Å². The Hall–Kier alpha value is -1.85. The number of aliphatic carboxylic acids is 1. The fourth-order valence-electron chi connectivity index (χ4n) is 6.48. The van der Waals surface area contributed by atoms with E-state index in [1.807, 2.05) is 0 Å². The Labute approximate surface area is 153 Å². The van der Waals surface area contributed by atoms with Crippen LogP contribution in [0.4, 0.5) is 11.8 Å². The van der Waals surface area contributed by atoms with Crippen molar-refractivity contribution in [1.82, 2.24) is 9.97 Å². The average molecular weight is 354 g/mol. The highest BCUT2D eigenvalue weighted by molar-refractivity contribution is 5.68. The average Bonchev–Trinajstić information content (AvgIpc) is 3.05. The first-order valence-electron chi connectivity index (χ1n) is 10.2. The number of carboxylic acids is 1. The maximum absolute atomic E-state index is 11.2. The number of rotatable bonds is 4. The van der Waals surface area contributed by atoms with E-state index in [-0.39, 0.29) is 5.41 Å². The molecule has 7 rings (SSSR count). The second-order valence-corrected chi connectivity index (χ2v) is 9.25. The summed E-state index contributed by atoms with van der Waals surface area (Å²) in [4.78, 5) is 26.0. The van der Waals surface area contributed by atoms with Crippen molar-refractivity contribution in [1.29, 1.82) is 0 Å². The zero-order chi connectivity index (χ0) is 17.6.